The second kappa shape index (κ2) is 8.90. The lowest BCUT2D eigenvalue weighted by Crippen LogP contribution is -1.90. The summed E-state index contributed by atoms with van der Waals surface area (Å²) in [5, 5.41) is 0. The van der Waals surface area contributed by atoms with Gasteiger partial charge >= 0.3 is 0 Å². The van der Waals surface area contributed by atoms with Gasteiger partial charge in [0.1, 0.15) is 0 Å². The molecule has 0 saturated carbocycles. The molecule has 0 unspecified atom stereocenters. The predicted octanol–water partition coefficient (Wildman–Crippen LogP) is 7.70. The van der Waals surface area contributed by atoms with Crippen LogP contribution in [-0.2, 0) is 0 Å². The molecular formula is C28H16F4N2. The Balaban J connectivity index is 1.35. The molecule has 0 aliphatic rings. The van der Waals surface area contributed by atoms with Crippen LogP contribution in [0.4, 0.5) is 17.6 Å². The Hall–Kier alpha value is -4.32. The SMILES string of the molecule is Fc1cc(-c2ccc(-c3ccc(-c4ccc(-c5cc(F)nc(F)c5)cc4)cc3)cc2)cc(F)n1. The van der Waals surface area contributed by atoms with Crippen molar-refractivity contribution in [1.82, 2.24) is 9.97 Å². The molecule has 0 saturated heterocycles. The first-order chi connectivity index (χ1) is 16.4. The van der Waals surface area contributed by atoms with Crippen molar-refractivity contribution in [2.24, 2.45) is 0 Å². The molecule has 0 radical (unpaired) electrons. The number of aromatic nitrogens is 2. The van der Waals surface area contributed by atoms with Crippen LogP contribution in [0.2, 0.25) is 0 Å². The number of nitrogens with zero attached hydrogens (tertiary/aromatic N) is 2. The molecule has 3 aromatic carbocycles. The molecule has 2 nitrogen and oxygen atoms in total. The van der Waals surface area contributed by atoms with Gasteiger partial charge in [0.15, 0.2) is 0 Å². The highest BCUT2D eigenvalue weighted by Gasteiger charge is 2.07. The van der Waals surface area contributed by atoms with Crippen molar-refractivity contribution in [3.8, 4) is 44.5 Å². The molecule has 0 atom stereocenters. The minimum absolute atomic E-state index is 0.424. The second-order valence-corrected chi connectivity index (χ2v) is 7.73. The van der Waals surface area contributed by atoms with Crippen LogP contribution in [0.5, 0.6) is 0 Å². The highest BCUT2D eigenvalue weighted by atomic mass is 19.1. The standard InChI is InChI=1S/C28H16F4N2/c29-25-13-23(14-26(30)33-25)21-9-5-19(6-10-21)17-1-2-18(4-3-17)20-7-11-22(12-8-20)24-15-27(31)34-28(32)16-24/h1-16H. The predicted molar refractivity (Wildman–Crippen MR) is 124 cm³/mol. The van der Waals surface area contributed by atoms with Crippen LogP contribution < -0.4 is 0 Å². The van der Waals surface area contributed by atoms with Crippen molar-refractivity contribution in [3.63, 3.8) is 0 Å². The number of hydrogen-bond acceptors (Lipinski definition) is 2. The van der Waals surface area contributed by atoms with Gasteiger partial charge < -0.3 is 0 Å². The number of hydrogen-bond donors (Lipinski definition) is 0. The van der Waals surface area contributed by atoms with Crippen molar-refractivity contribution in [1.29, 1.82) is 0 Å². The van der Waals surface area contributed by atoms with E-state index in [1.807, 2.05) is 48.5 Å². The topological polar surface area (TPSA) is 25.8 Å². The van der Waals surface area contributed by atoms with Gasteiger partial charge in [-0.05, 0) is 44.5 Å². The molecule has 0 bridgehead atoms. The van der Waals surface area contributed by atoms with Crippen LogP contribution in [-0.4, -0.2) is 9.97 Å². The summed E-state index contributed by atoms with van der Waals surface area (Å²) >= 11 is 0. The maximum Gasteiger partial charge on any atom is 0.216 e. The summed E-state index contributed by atoms with van der Waals surface area (Å²) in [4.78, 5) is 6.24. The number of benzene rings is 3. The van der Waals surface area contributed by atoms with Gasteiger partial charge in [-0.25, -0.2) is 0 Å². The van der Waals surface area contributed by atoms with Gasteiger partial charge in [-0.1, -0.05) is 72.8 Å². The van der Waals surface area contributed by atoms with Crippen molar-refractivity contribution in [2.75, 3.05) is 0 Å². The van der Waals surface area contributed by atoms with E-state index < -0.39 is 23.8 Å². The molecular weight excluding hydrogens is 440 g/mol. The summed E-state index contributed by atoms with van der Waals surface area (Å²) in [5.74, 6) is -3.43. The summed E-state index contributed by atoms with van der Waals surface area (Å²) in [6.07, 6.45) is 0. The van der Waals surface area contributed by atoms with E-state index in [9.17, 15) is 17.6 Å². The van der Waals surface area contributed by atoms with Crippen molar-refractivity contribution >= 4 is 0 Å². The highest BCUT2D eigenvalue weighted by Crippen LogP contribution is 2.29. The summed E-state index contributed by atoms with van der Waals surface area (Å²) in [7, 11) is 0. The third kappa shape index (κ3) is 4.57. The average Bonchev–Trinajstić information content (AvgIpc) is 2.83. The zero-order chi connectivity index (χ0) is 23.7. The van der Waals surface area contributed by atoms with E-state index in [2.05, 4.69) is 9.97 Å². The van der Waals surface area contributed by atoms with Crippen LogP contribution in [0.25, 0.3) is 44.5 Å². The molecule has 2 aromatic heterocycles. The number of halogens is 4. The first kappa shape index (κ1) is 21.5. The highest BCUT2D eigenvalue weighted by molar-refractivity contribution is 5.74. The van der Waals surface area contributed by atoms with E-state index in [1.165, 1.54) is 24.3 Å². The third-order valence-corrected chi connectivity index (χ3v) is 5.51. The third-order valence-electron chi connectivity index (χ3n) is 5.51. The van der Waals surface area contributed by atoms with Crippen molar-refractivity contribution in [3.05, 3.63) is 121 Å². The quantitative estimate of drug-likeness (QED) is 0.205. The maximum absolute atomic E-state index is 13.4. The molecule has 6 heteroatoms. The van der Waals surface area contributed by atoms with Crippen LogP contribution in [0.1, 0.15) is 0 Å². The van der Waals surface area contributed by atoms with Gasteiger partial charge in [-0.3, -0.25) is 0 Å². The van der Waals surface area contributed by atoms with E-state index in [1.54, 1.807) is 24.3 Å². The normalized spacial score (nSPS) is 10.9. The first-order valence-corrected chi connectivity index (χ1v) is 10.4. The number of rotatable bonds is 4. The largest absolute Gasteiger partial charge is 0.216 e. The molecule has 34 heavy (non-hydrogen) atoms. The lowest BCUT2D eigenvalue weighted by molar-refractivity contribution is 0.512. The van der Waals surface area contributed by atoms with Gasteiger partial charge in [0.2, 0.25) is 23.8 Å². The molecule has 2 heterocycles. The zero-order valence-corrected chi connectivity index (χ0v) is 17.6. The molecule has 0 fully saturated rings. The van der Waals surface area contributed by atoms with Crippen LogP contribution in [0.15, 0.2) is 97.1 Å². The Labute approximate surface area is 193 Å². The lowest BCUT2D eigenvalue weighted by Gasteiger charge is -2.08. The minimum Gasteiger partial charge on any atom is -0.191 e. The smallest absolute Gasteiger partial charge is 0.191 e. The maximum atomic E-state index is 13.4. The van der Waals surface area contributed by atoms with Crippen molar-refractivity contribution < 1.29 is 17.6 Å². The Morgan fingerprint density at radius 3 is 0.676 bits per heavy atom. The van der Waals surface area contributed by atoms with Crippen LogP contribution >= 0.6 is 0 Å². The van der Waals surface area contributed by atoms with E-state index >= 15 is 0 Å². The van der Waals surface area contributed by atoms with E-state index in [4.69, 9.17) is 0 Å². The fourth-order valence-corrected chi connectivity index (χ4v) is 3.83. The molecule has 5 rings (SSSR count). The van der Waals surface area contributed by atoms with Crippen LogP contribution in [0.3, 0.4) is 0 Å². The monoisotopic (exact) mass is 456 g/mol. The summed E-state index contributed by atoms with van der Waals surface area (Å²) in [6, 6.07) is 27.5. The molecule has 0 amide bonds. The fraction of sp³-hybridized carbons (Fsp3) is 0. The molecule has 166 valence electrons. The molecule has 0 spiro atoms. The minimum atomic E-state index is -0.859. The Morgan fingerprint density at radius 2 is 0.471 bits per heavy atom. The van der Waals surface area contributed by atoms with Crippen LogP contribution in [0, 0.1) is 23.8 Å². The second-order valence-electron chi connectivity index (χ2n) is 7.73. The van der Waals surface area contributed by atoms with Crippen molar-refractivity contribution in [2.45, 2.75) is 0 Å². The van der Waals surface area contributed by atoms with E-state index in [-0.39, 0.29) is 0 Å². The van der Waals surface area contributed by atoms with E-state index in [0.29, 0.717) is 22.3 Å². The van der Waals surface area contributed by atoms with Gasteiger partial charge in [-0.2, -0.15) is 27.5 Å². The molecule has 0 N–H and O–H groups in total. The first-order valence-electron chi connectivity index (χ1n) is 10.4. The average molecular weight is 456 g/mol. The Kier molecular flexibility index (Phi) is 5.64. The molecule has 0 aliphatic carbocycles. The fourth-order valence-electron chi connectivity index (χ4n) is 3.83. The van der Waals surface area contributed by atoms with Gasteiger partial charge in [0, 0.05) is 24.3 Å². The van der Waals surface area contributed by atoms with Gasteiger partial charge in [0.25, 0.3) is 0 Å². The van der Waals surface area contributed by atoms with E-state index in [0.717, 1.165) is 22.3 Å². The summed E-state index contributed by atoms with van der Waals surface area (Å²) in [5.41, 5.74) is 6.12. The summed E-state index contributed by atoms with van der Waals surface area (Å²) in [6.45, 7) is 0. The molecule has 5 aromatic rings. The summed E-state index contributed by atoms with van der Waals surface area (Å²) < 4.78 is 53.6. The zero-order valence-electron chi connectivity index (χ0n) is 17.6. The van der Waals surface area contributed by atoms with Gasteiger partial charge in [-0.15, -0.1) is 0 Å². The molecule has 0 aliphatic heterocycles. The Morgan fingerprint density at radius 1 is 0.294 bits per heavy atom. The number of pyridine rings is 2. The lowest BCUT2D eigenvalue weighted by atomic mass is 9.97. The van der Waals surface area contributed by atoms with Gasteiger partial charge in [0.05, 0.1) is 0 Å². The Bertz CT molecular complexity index is 1310.